The van der Waals surface area contributed by atoms with Gasteiger partial charge in [0, 0.05) is 23.3 Å². The Morgan fingerprint density at radius 2 is 1.57 bits per heavy atom. The van der Waals surface area contributed by atoms with Crippen LogP contribution in [0.2, 0.25) is 0 Å². The fourth-order valence-corrected chi connectivity index (χ4v) is 4.99. The van der Waals surface area contributed by atoms with E-state index in [1.54, 1.807) is 0 Å². The minimum absolute atomic E-state index is 0.0359. The summed E-state index contributed by atoms with van der Waals surface area (Å²) in [7, 11) is 0. The van der Waals surface area contributed by atoms with Crippen molar-refractivity contribution in [2.24, 2.45) is 0 Å². The van der Waals surface area contributed by atoms with E-state index in [2.05, 4.69) is 0 Å². The molecule has 1 aliphatic carbocycles. The van der Waals surface area contributed by atoms with Crippen LogP contribution < -0.4 is 0 Å². The third-order valence-electron chi connectivity index (χ3n) is 5.60. The average molecular weight is 393 g/mol. The highest BCUT2D eigenvalue weighted by Crippen LogP contribution is 2.45. The molecule has 0 saturated heterocycles. The minimum atomic E-state index is -0.389. The number of carbonyl (C=O) groups is 2. The van der Waals surface area contributed by atoms with Gasteiger partial charge in [-0.05, 0) is 49.0 Å². The molecule has 144 valence electrons. The molecule has 4 heteroatoms. The van der Waals surface area contributed by atoms with Crippen molar-refractivity contribution in [3.8, 4) is 0 Å². The SMILES string of the molecule is O=C(CC1=C(c2ccccc2)CC2(CCCCC2)OC1=O)Sc1ccccc1. The lowest BCUT2D eigenvalue weighted by atomic mass is 9.76. The van der Waals surface area contributed by atoms with Crippen LogP contribution in [-0.4, -0.2) is 16.7 Å². The molecule has 0 atom stereocenters. The van der Waals surface area contributed by atoms with Crippen LogP contribution >= 0.6 is 11.8 Å². The number of rotatable bonds is 4. The number of ether oxygens (including phenoxy) is 1. The molecular formula is C24H24O3S. The highest BCUT2D eigenvalue weighted by atomic mass is 32.2. The van der Waals surface area contributed by atoms with Crippen molar-refractivity contribution in [1.29, 1.82) is 0 Å². The molecule has 0 bridgehead atoms. The van der Waals surface area contributed by atoms with Gasteiger partial charge in [0.2, 0.25) is 0 Å². The zero-order chi connectivity index (χ0) is 19.4. The maximum atomic E-state index is 13.0. The summed E-state index contributed by atoms with van der Waals surface area (Å²) >= 11 is 1.18. The Morgan fingerprint density at radius 1 is 0.929 bits per heavy atom. The zero-order valence-corrected chi connectivity index (χ0v) is 16.7. The van der Waals surface area contributed by atoms with Gasteiger partial charge in [-0.25, -0.2) is 4.79 Å². The first-order valence-electron chi connectivity index (χ1n) is 9.92. The first-order chi connectivity index (χ1) is 13.7. The molecule has 2 aromatic carbocycles. The highest BCUT2D eigenvalue weighted by Gasteiger charge is 2.42. The quantitative estimate of drug-likeness (QED) is 0.487. The number of hydrogen-bond acceptors (Lipinski definition) is 4. The monoisotopic (exact) mass is 392 g/mol. The summed E-state index contributed by atoms with van der Waals surface area (Å²) in [6.07, 6.45) is 6.01. The van der Waals surface area contributed by atoms with Crippen molar-refractivity contribution in [2.45, 2.75) is 55.4 Å². The lowest BCUT2D eigenvalue weighted by molar-refractivity contribution is -0.160. The molecule has 1 spiro atoms. The number of esters is 1. The maximum Gasteiger partial charge on any atom is 0.335 e. The van der Waals surface area contributed by atoms with Crippen LogP contribution in [0.25, 0.3) is 5.57 Å². The number of thioether (sulfide) groups is 1. The molecule has 28 heavy (non-hydrogen) atoms. The Hall–Kier alpha value is -2.33. The van der Waals surface area contributed by atoms with E-state index < -0.39 is 0 Å². The molecule has 0 unspecified atom stereocenters. The second-order valence-corrected chi connectivity index (χ2v) is 8.73. The van der Waals surface area contributed by atoms with E-state index in [0.29, 0.717) is 12.0 Å². The summed E-state index contributed by atoms with van der Waals surface area (Å²) in [6, 6.07) is 19.5. The van der Waals surface area contributed by atoms with Crippen molar-refractivity contribution in [2.75, 3.05) is 0 Å². The molecule has 1 saturated carbocycles. The Kier molecular flexibility index (Phi) is 5.67. The van der Waals surface area contributed by atoms with Gasteiger partial charge in [0.25, 0.3) is 0 Å². The molecule has 1 fully saturated rings. The molecule has 1 aliphatic heterocycles. The Morgan fingerprint density at radius 3 is 2.25 bits per heavy atom. The van der Waals surface area contributed by atoms with E-state index in [1.807, 2.05) is 60.7 Å². The van der Waals surface area contributed by atoms with E-state index in [4.69, 9.17) is 4.74 Å². The predicted octanol–water partition coefficient (Wildman–Crippen LogP) is 5.80. The summed E-state index contributed by atoms with van der Waals surface area (Å²) in [5.41, 5.74) is 2.15. The topological polar surface area (TPSA) is 43.4 Å². The average Bonchev–Trinajstić information content (AvgIpc) is 2.72. The third-order valence-corrected chi connectivity index (χ3v) is 6.48. The smallest absolute Gasteiger partial charge is 0.335 e. The van der Waals surface area contributed by atoms with Crippen LogP contribution in [0.4, 0.5) is 0 Å². The van der Waals surface area contributed by atoms with E-state index in [-0.39, 0.29) is 23.1 Å². The van der Waals surface area contributed by atoms with Gasteiger partial charge in [0.05, 0.1) is 0 Å². The van der Waals surface area contributed by atoms with Gasteiger partial charge in [-0.15, -0.1) is 0 Å². The molecule has 0 aromatic heterocycles. The van der Waals surface area contributed by atoms with E-state index in [0.717, 1.165) is 41.7 Å². The zero-order valence-electron chi connectivity index (χ0n) is 15.9. The largest absolute Gasteiger partial charge is 0.455 e. The number of carbonyl (C=O) groups excluding carboxylic acids is 2. The van der Waals surface area contributed by atoms with Gasteiger partial charge in [0.15, 0.2) is 5.12 Å². The van der Waals surface area contributed by atoms with E-state index in [9.17, 15) is 9.59 Å². The van der Waals surface area contributed by atoms with Gasteiger partial charge in [0.1, 0.15) is 5.60 Å². The van der Waals surface area contributed by atoms with Crippen LogP contribution in [0.15, 0.2) is 71.1 Å². The van der Waals surface area contributed by atoms with Crippen LogP contribution in [-0.2, 0) is 14.3 Å². The second kappa shape index (κ2) is 8.36. The molecule has 1 heterocycles. The highest BCUT2D eigenvalue weighted by molar-refractivity contribution is 8.13. The first kappa shape index (κ1) is 19.0. The van der Waals surface area contributed by atoms with Crippen LogP contribution in [0, 0.1) is 0 Å². The molecule has 2 aliphatic rings. The van der Waals surface area contributed by atoms with Gasteiger partial charge in [-0.1, -0.05) is 66.7 Å². The lowest BCUT2D eigenvalue weighted by Gasteiger charge is -2.41. The van der Waals surface area contributed by atoms with Gasteiger partial charge in [-0.3, -0.25) is 4.79 Å². The fraction of sp³-hybridized carbons (Fsp3) is 0.333. The number of hydrogen-bond donors (Lipinski definition) is 0. The molecule has 2 aromatic rings. The summed E-state index contributed by atoms with van der Waals surface area (Å²) in [4.78, 5) is 26.6. The summed E-state index contributed by atoms with van der Waals surface area (Å²) < 4.78 is 5.97. The lowest BCUT2D eigenvalue weighted by Crippen LogP contribution is -2.41. The van der Waals surface area contributed by atoms with E-state index in [1.165, 1.54) is 18.2 Å². The third kappa shape index (κ3) is 4.22. The molecule has 0 radical (unpaired) electrons. The molecular weight excluding hydrogens is 368 g/mol. The minimum Gasteiger partial charge on any atom is -0.455 e. The van der Waals surface area contributed by atoms with Crippen molar-refractivity contribution in [3.63, 3.8) is 0 Å². The van der Waals surface area contributed by atoms with Gasteiger partial charge < -0.3 is 4.74 Å². The molecule has 0 amide bonds. The maximum absolute atomic E-state index is 13.0. The normalized spacial score (nSPS) is 18.8. The van der Waals surface area contributed by atoms with Gasteiger partial charge in [-0.2, -0.15) is 0 Å². The van der Waals surface area contributed by atoms with Crippen LogP contribution in [0.3, 0.4) is 0 Å². The van der Waals surface area contributed by atoms with Crippen molar-refractivity contribution < 1.29 is 14.3 Å². The Bertz CT molecular complexity index is 881. The number of benzene rings is 2. The second-order valence-electron chi connectivity index (χ2n) is 7.60. The van der Waals surface area contributed by atoms with E-state index >= 15 is 0 Å². The van der Waals surface area contributed by atoms with Crippen molar-refractivity contribution >= 4 is 28.4 Å². The van der Waals surface area contributed by atoms with Gasteiger partial charge >= 0.3 is 5.97 Å². The van der Waals surface area contributed by atoms with Crippen molar-refractivity contribution in [1.82, 2.24) is 0 Å². The van der Waals surface area contributed by atoms with Crippen molar-refractivity contribution in [3.05, 3.63) is 71.8 Å². The fourth-order valence-electron chi connectivity index (χ4n) is 4.22. The molecule has 0 N–H and O–H groups in total. The Labute approximate surface area is 170 Å². The predicted molar refractivity (Wildman–Crippen MR) is 112 cm³/mol. The van der Waals surface area contributed by atoms with Crippen LogP contribution in [0.5, 0.6) is 0 Å². The summed E-state index contributed by atoms with van der Waals surface area (Å²) in [6.45, 7) is 0. The van der Waals surface area contributed by atoms with Crippen LogP contribution in [0.1, 0.15) is 50.5 Å². The first-order valence-corrected chi connectivity index (χ1v) is 10.7. The Balaban J connectivity index is 1.64. The standard InChI is InChI=1S/C24H24O3S/c25-22(28-19-12-6-2-7-13-19)16-20-21(18-10-4-1-5-11-18)17-24(27-23(20)26)14-8-3-9-15-24/h1-2,4-7,10-13H,3,8-9,14-17H2. The summed E-state index contributed by atoms with van der Waals surface area (Å²) in [5.74, 6) is -0.311. The molecule has 3 nitrogen and oxygen atoms in total. The molecule has 4 rings (SSSR count). The summed E-state index contributed by atoms with van der Waals surface area (Å²) in [5, 5.41) is -0.0359.